The number of amides is 1. The Labute approximate surface area is 264 Å². The van der Waals surface area contributed by atoms with Crippen LogP contribution in [0.5, 0.6) is 0 Å². The summed E-state index contributed by atoms with van der Waals surface area (Å²) >= 11 is 0. The number of carbonyl (C=O) groups excluding carboxylic acids is 1. The summed E-state index contributed by atoms with van der Waals surface area (Å²) < 4.78 is 29.0. The molecule has 1 aromatic heterocycles. The number of aryl methyl sites for hydroxylation is 1. The summed E-state index contributed by atoms with van der Waals surface area (Å²) in [7, 11) is 0. The molecule has 3 heterocycles. The summed E-state index contributed by atoms with van der Waals surface area (Å²) in [5, 5.41) is 5.64. The Hall–Kier alpha value is -4.31. The molecule has 5 rings (SSSR count). The number of benzene rings is 2. The Morgan fingerprint density at radius 3 is 2.24 bits per heavy atom. The van der Waals surface area contributed by atoms with Gasteiger partial charge in [0.2, 0.25) is 5.95 Å². The van der Waals surface area contributed by atoms with Crippen molar-refractivity contribution in [3.8, 4) is 11.3 Å². The number of piperidine rings is 2. The Balaban J connectivity index is 0.00000226. The molecule has 1 amide bonds. The van der Waals surface area contributed by atoms with E-state index in [9.17, 15) is 18.5 Å². The van der Waals surface area contributed by atoms with Crippen molar-refractivity contribution < 1.29 is 13.6 Å². The van der Waals surface area contributed by atoms with Crippen molar-refractivity contribution in [1.29, 1.82) is 0 Å². The molecule has 3 aromatic rings. The SMILES string of the molecule is C=CNc1nc(N2CCC(N3CCC(C)CC3)CC2)nc(-c2cc(C(=O)N=O)ccc2C)c1/C=C\c1c(F)cccc1F.CC. The van der Waals surface area contributed by atoms with Crippen LogP contribution in [0.1, 0.15) is 73.5 Å². The highest BCUT2D eigenvalue weighted by Crippen LogP contribution is 2.35. The number of anilines is 2. The van der Waals surface area contributed by atoms with Crippen molar-refractivity contribution in [3.63, 3.8) is 0 Å². The van der Waals surface area contributed by atoms with Gasteiger partial charge in [0.05, 0.1) is 5.69 Å². The van der Waals surface area contributed by atoms with Crippen LogP contribution in [0, 0.1) is 29.4 Å². The molecule has 0 aliphatic carbocycles. The molecule has 2 fully saturated rings. The molecule has 2 saturated heterocycles. The Morgan fingerprint density at radius 1 is 0.978 bits per heavy atom. The molecular weight excluding hydrogens is 574 g/mol. The number of rotatable bonds is 8. The molecule has 0 unspecified atom stereocenters. The zero-order valence-electron chi connectivity index (χ0n) is 26.5. The van der Waals surface area contributed by atoms with E-state index in [1.807, 2.05) is 20.8 Å². The molecule has 2 aliphatic rings. The fourth-order valence-corrected chi connectivity index (χ4v) is 5.89. The van der Waals surface area contributed by atoms with Crippen LogP contribution in [0.4, 0.5) is 20.5 Å². The third kappa shape index (κ3) is 7.86. The van der Waals surface area contributed by atoms with Gasteiger partial charge in [-0.05, 0) is 99.8 Å². The van der Waals surface area contributed by atoms with Crippen molar-refractivity contribution in [2.75, 3.05) is 36.4 Å². The third-order valence-corrected chi connectivity index (χ3v) is 8.49. The lowest BCUT2D eigenvalue weighted by Gasteiger charge is -2.41. The normalized spacial score (nSPS) is 16.3. The summed E-state index contributed by atoms with van der Waals surface area (Å²) in [5.74, 6) is -0.662. The minimum atomic E-state index is -0.903. The predicted molar refractivity (Wildman–Crippen MR) is 178 cm³/mol. The first-order valence-electron chi connectivity index (χ1n) is 15.7. The van der Waals surface area contributed by atoms with Gasteiger partial charge in [0.15, 0.2) is 0 Å². The molecule has 2 aliphatic heterocycles. The van der Waals surface area contributed by atoms with Crippen LogP contribution >= 0.6 is 0 Å². The van der Waals surface area contributed by atoms with E-state index in [1.54, 1.807) is 18.2 Å². The molecule has 1 N–H and O–H groups in total. The zero-order chi connectivity index (χ0) is 32.5. The minimum absolute atomic E-state index is 0.112. The van der Waals surface area contributed by atoms with Gasteiger partial charge < -0.3 is 15.1 Å². The maximum absolute atomic E-state index is 14.5. The van der Waals surface area contributed by atoms with Gasteiger partial charge >= 0.3 is 5.91 Å². The van der Waals surface area contributed by atoms with Crippen molar-refractivity contribution in [3.05, 3.63) is 88.0 Å². The number of nitrogens with zero attached hydrogens (tertiary/aromatic N) is 5. The smallest absolute Gasteiger partial charge is 0.316 e. The lowest BCUT2D eigenvalue weighted by atomic mass is 9.95. The molecule has 0 saturated carbocycles. The van der Waals surface area contributed by atoms with Crippen LogP contribution in [0.15, 0.2) is 54.4 Å². The fourth-order valence-electron chi connectivity index (χ4n) is 5.89. The number of hydrogen-bond acceptors (Lipinski definition) is 7. The molecule has 2 aromatic carbocycles. The van der Waals surface area contributed by atoms with Gasteiger partial charge in [0.1, 0.15) is 17.5 Å². The van der Waals surface area contributed by atoms with E-state index in [1.165, 1.54) is 49.4 Å². The first kappa shape index (κ1) is 33.6. The van der Waals surface area contributed by atoms with E-state index < -0.39 is 17.5 Å². The average molecular weight is 617 g/mol. The Kier molecular flexibility index (Phi) is 11.6. The fraction of sp³-hybridized carbons (Fsp3) is 0.400. The van der Waals surface area contributed by atoms with Gasteiger partial charge in [-0.3, -0.25) is 4.79 Å². The van der Waals surface area contributed by atoms with E-state index in [2.05, 4.69) is 33.8 Å². The maximum atomic E-state index is 14.5. The topological polar surface area (TPSA) is 90.8 Å². The molecule has 45 heavy (non-hydrogen) atoms. The first-order chi connectivity index (χ1) is 21.8. The number of carbonyl (C=O) groups is 1. The van der Waals surface area contributed by atoms with Crippen LogP contribution in [0.3, 0.4) is 0 Å². The average Bonchev–Trinajstić information content (AvgIpc) is 3.06. The molecule has 0 radical (unpaired) electrons. The van der Waals surface area contributed by atoms with E-state index in [-0.39, 0.29) is 11.1 Å². The predicted octanol–water partition coefficient (Wildman–Crippen LogP) is 8.09. The summed E-state index contributed by atoms with van der Waals surface area (Å²) in [6.07, 6.45) is 8.79. The molecule has 10 heteroatoms. The van der Waals surface area contributed by atoms with Crippen molar-refractivity contribution in [2.24, 2.45) is 11.1 Å². The molecule has 0 spiro atoms. The number of nitrogens with one attached hydrogen (secondary N) is 1. The van der Waals surface area contributed by atoms with Crippen molar-refractivity contribution >= 4 is 29.8 Å². The van der Waals surface area contributed by atoms with Crippen LogP contribution in [0.25, 0.3) is 23.4 Å². The quantitative estimate of drug-likeness (QED) is 0.256. The highest BCUT2D eigenvalue weighted by atomic mass is 19.1. The third-order valence-electron chi connectivity index (χ3n) is 8.49. The van der Waals surface area contributed by atoms with E-state index in [0.29, 0.717) is 34.6 Å². The minimum Gasteiger partial charge on any atom is -0.347 e. The number of hydrogen-bond donors (Lipinski definition) is 1. The van der Waals surface area contributed by atoms with Crippen molar-refractivity contribution in [1.82, 2.24) is 14.9 Å². The molecular formula is C35H42F2N6O2. The number of nitroso groups, excluding NO2 is 1. The van der Waals surface area contributed by atoms with Gasteiger partial charge in [-0.2, -0.15) is 4.98 Å². The van der Waals surface area contributed by atoms with Crippen LogP contribution in [-0.4, -0.2) is 53.0 Å². The second kappa shape index (κ2) is 15.6. The number of halogens is 2. The van der Waals surface area contributed by atoms with Gasteiger partial charge in [-0.15, -0.1) is 4.91 Å². The van der Waals surface area contributed by atoms with Crippen LogP contribution < -0.4 is 10.2 Å². The van der Waals surface area contributed by atoms with Gasteiger partial charge in [-0.1, -0.05) is 39.5 Å². The largest absolute Gasteiger partial charge is 0.347 e. The molecule has 0 atom stereocenters. The first-order valence-corrected chi connectivity index (χ1v) is 15.7. The number of aromatic nitrogens is 2. The summed E-state index contributed by atoms with van der Waals surface area (Å²) in [5.41, 5.74) is 2.13. The summed E-state index contributed by atoms with van der Waals surface area (Å²) in [6.45, 7) is 15.8. The molecule has 8 nitrogen and oxygen atoms in total. The zero-order valence-corrected chi connectivity index (χ0v) is 26.5. The number of likely N-dealkylation sites (tertiary alicyclic amines) is 1. The second-order valence-electron chi connectivity index (χ2n) is 11.3. The highest BCUT2D eigenvalue weighted by molar-refractivity contribution is 5.97. The lowest BCUT2D eigenvalue weighted by Crippen LogP contribution is -2.48. The molecule has 238 valence electrons. The van der Waals surface area contributed by atoms with Crippen LogP contribution in [0.2, 0.25) is 0 Å². The van der Waals surface area contributed by atoms with E-state index in [4.69, 9.17) is 9.97 Å². The maximum Gasteiger partial charge on any atom is 0.316 e. The summed E-state index contributed by atoms with van der Waals surface area (Å²) in [4.78, 5) is 37.8. The van der Waals surface area contributed by atoms with E-state index >= 15 is 0 Å². The monoisotopic (exact) mass is 616 g/mol. The van der Waals surface area contributed by atoms with Crippen LogP contribution in [-0.2, 0) is 0 Å². The Bertz CT molecular complexity index is 1520. The summed E-state index contributed by atoms with van der Waals surface area (Å²) in [6, 6.07) is 9.01. The highest BCUT2D eigenvalue weighted by Gasteiger charge is 2.29. The van der Waals surface area contributed by atoms with E-state index in [0.717, 1.165) is 50.5 Å². The van der Waals surface area contributed by atoms with Gasteiger partial charge in [0.25, 0.3) is 0 Å². The standard InChI is InChI=1S/C33H36F2N6O2.C2H6/c1-4-36-31-26(11-10-25-28(34)6-5-7-29(25)35)30(27-20-23(32(42)39-43)9-8-22(27)3)37-33(38-31)41-18-14-24(15-19-41)40-16-12-21(2)13-17-40;1-2/h4-11,20-21,24H,1,12-19H2,2-3H3,(H,36,37,38);1-2H3/b11-10-;. The Morgan fingerprint density at radius 2 is 1.62 bits per heavy atom. The molecule has 0 bridgehead atoms. The van der Waals surface area contributed by atoms with Crippen molar-refractivity contribution in [2.45, 2.75) is 59.4 Å². The second-order valence-corrected chi connectivity index (χ2v) is 11.3. The van der Waals surface area contributed by atoms with Gasteiger partial charge in [-0.25, -0.2) is 13.8 Å². The van der Waals surface area contributed by atoms with Gasteiger partial charge in [0, 0.05) is 46.6 Å². The lowest BCUT2D eigenvalue weighted by molar-refractivity contribution is 0.100.